The molecule has 0 heterocycles. The van der Waals surface area contributed by atoms with Gasteiger partial charge in [-0.15, -0.1) is 0 Å². The Labute approximate surface area is 200 Å². The molecule has 2 fully saturated rings. The molecule has 0 N–H and O–H groups in total. The third-order valence-corrected chi connectivity index (χ3v) is 5.40. The van der Waals surface area contributed by atoms with Gasteiger partial charge in [-0.1, -0.05) is 34.6 Å². The minimum absolute atomic E-state index is 1.00. The van der Waals surface area contributed by atoms with Crippen molar-refractivity contribution < 1.29 is 74.6 Å². The van der Waals surface area contributed by atoms with E-state index in [4.69, 9.17) is 4.65 Å². The molecule has 0 aromatic carbocycles. The predicted octanol–water partition coefficient (Wildman–Crippen LogP) is 6.77. The summed E-state index contributed by atoms with van der Waals surface area (Å²) in [5, 5.41) is 0. The normalized spacial score (nSPS) is 27.6. The molecule has 2 aliphatic carbocycles. The first-order valence-electron chi connectivity index (χ1n) is 8.11. The van der Waals surface area contributed by atoms with E-state index >= 15 is 0 Å². The molecule has 2 rings (SSSR count). The molecule has 2 nitrogen and oxygen atoms in total. The fraction of sp³-hybridized carbons (Fsp3) is 0.611. The standard InChI is InChI=1S/C10H15.C7F11O.CO.BrH.Ir/c1-6-7(2)9(4)10(5)8(6)3;8-2(1-19)3(9,10)5(13,14)7(17,18)6(15,16)4(2,11)12;1-2;;/h1-5H3;;;1H;/q;-1;;;+3/p-1. The van der Waals surface area contributed by atoms with Crippen LogP contribution in [0.2, 0.25) is 0 Å². The van der Waals surface area contributed by atoms with Crippen LogP contribution in [-0.4, -0.2) is 41.6 Å². The summed E-state index contributed by atoms with van der Waals surface area (Å²) in [4.78, 5) is 9.73. The summed E-state index contributed by atoms with van der Waals surface area (Å²) < 4.78 is 146. The Hall–Kier alpha value is -0.231. The molecular formula is C18H15BrF11IrO2+. The van der Waals surface area contributed by atoms with Gasteiger partial charge in [-0.2, -0.15) is 43.9 Å². The van der Waals surface area contributed by atoms with Crippen molar-refractivity contribution in [2.24, 2.45) is 0 Å². The molecule has 0 bridgehead atoms. The van der Waals surface area contributed by atoms with Crippen LogP contribution in [0.15, 0.2) is 0 Å². The van der Waals surface area contributed by atoms with Gasteiger partial charge in [0, 0.05) is 0 Å². The molecule has 0 unspecified atom stereocenters. The molecule has 15 heteroatoms. The zero-order valence-electron chi connectivity index (χ0n) is 17.2. The monoisotopic (exact) mass is 744 g/mol. The van der Waals surface area contributed by atoms with E-state index in [1.165, 1.54) is 29.6 Å². The van der Waals surface area contributed by atoms with Gasteiger partial charge < -0.3 is 4.79 Å². The van der Waals surface area contributed by atoms with E-state index < -0.39 is 41.6 Å². The van der Waals surface area contributed by atoms with Crippen LogP contribution in [0.25, 0.3) is 0 Å². The van der Waals surface area contributed by atoms with Crippen LogP contribution in [0.4, 0.5) is 48.3 Å². The molecule has 33 heavy (non-hydrogen) atoms. The van der Waals surface area contributed by atoms with Crippen LogP contribution < -0.4 is 0 Å². The first-order valence-corrected chi connectivity index (χ1v) is 13.3. The van der Waals surface area contributed by atoms with Crippen LogP contribution in [0.3, 0.4) is 0 Å². The number of hydrogen-bond acceptors (Lipinski definition) is 1. The Morgan fingerprint density at radius 2 is 0.727 bits per heavy atom. The number of hydrogen-bond donors (Lipinski definition) is 0. The molecule has 0 aromatic heterocycles. The average molecular weight is 744 g/mol. The van der Waals surface area contributed by atoms with Crippen molar-refractivity contribution in [3.63, 3.8) is 0 Å². The van der Waals surface area contributed by atoms with Gasteiger partial charge in [0.1, 0.15) is 0 Å². The van der Waals surface area contributed by atoms with Gasteiger partial charge in [0.25, 0.3) is 0 Å². The third-order valence-electron chi connectivity index (χ3n) is 5.40. The van der Waals surface area contributed by atoms with Gasteiger partial charge >= 0.3 is 71.3 Å². The van der Waals surface area contributed by atoms with Gasteiger partial charge in [-0.3, -0.25) is 4.39 Å². The quantitative estimate of drug-likeness (QED) is 0.166. The van der Waals surface area contributed by atoms with E-state index in [2.05, 4.69) is 54.8 Å². The molecule has 2 aliphatic rings. The van der Waals surface area contributed by atoms with E-state index in [-0.39, 0.29) is 0 Å². The van der Waals surface area contributed by atoms with E-state index in [1.807, 2.05) is 16.9 Å². The second-order valence-corrected chi connectivity index (χ2v) is 6.76. The number of carbonyl (C=O) groups excluding carboxylic acids is 1. The summed E-state index contributed by atoms with van der Waals surface area (Å²) in [5.74, 6) is -28.6. The Kier molecular flexibility index (Phi) is 11.9. The van der Waals surface area contributed by atoms with E-state index in [0.29, 0.717) is 0 Å². The maximum absolute atomic E-state index is 13.0. The molecule has 5 radical (unpaired) electrons. The summed E-state index contributed by atoms with van der Waals surface area (Å²) in [6.45, 7) is 15.5. The zero-order valence-corrected chi connectivity index (χ0v) is 21.2. The van der Waals surface area contributed by atoms with Crippen molar-refractivity contribution in [1.82, 2.24) is 0 Å². The Morgan fingerprint density at radius 1 is 0.576 bits per heavy atom. The molecule has 0 aromatic rings. The molecule has 0 atom stereocenters. The van der Waals surface area contributed by atoms with Crippen molar-refractivity contribution >= 4 is 19.8 Å². The van der Waals surface area contributed by atoms with Crippen molar-refractivity contribution in [3.05, 3.63) is 36.2 Å². The summed E-state index contributed by atoms with van der Waals surface area (Å²) in [6, 6.07) is 0. The van der Waals surface area contributed by atoms with E-state index in [9.17, 15) is 53.1 Å². The molecule has 0 aliphatic heterocycles. The fourth-order valence-corrected chi connectivity index (χ4v) is 2.76. The predicted molar refractivity (Wildman–Crippen MR) is 91.7 cm³/mol. The van der Waals surface area contributed by atoms with Gasteiger partial charge in [-0.05, 0) is 29.6 Å². The van der Waals surface area contributed by atoms with Crippen molar-refractivity contribution in [1.29, 1.82) is 0 Å². The summed E-state index contributed by atoms with van der Waals surface area (Å²) in [6.07, 6.45) is -1.00. The van der Waals surface area contributed by atoms with Gasteiger partial charge in [0.05, 0.1) is 0 Å². The molecule has 2 saturated carbocycles. The second-order valence-electron chi connectivity index (χ2n) is 6.76. The number of rotatable bonds is 1. The van der Waals surface area contributed by atoms with Crippen LogP contribution in [0.1, 0.15) is 34.6 Å². The first kappa shape index (κ1) is 34.9. The Morgan fingerprint density at radius 3 is 0.879 bits per heavy atom. The van der Waals surface area contributed by atoms with Gasteiger partial charge in [-0.25, -0.2) is 6.29 Å². The Bertz CT molecular complexity index is 613. The topological polar surface area (TPSA) is 37.0 Å². The van der Waals surface area contributed by atoms with E-state index in [0.717, 1.165) is 0 Å². The Balaban J connectivity index is 0. The molecule has 0 spiro atoms. The van der Waals surface area contributed by atoms with Crippen LogP contribution in [0.5, 0.6) is 0 Å². The molecule has 0 saturated heterocycles. The minimum atomic E-state index is -7.29. The van der Waals surface area contributed by atoms with Crippen molar-refractivity contribution in [2.45, 2.75) is 69.9 Å². The van der Waals surface area contributed by atoms with Crippen LogP contribution >= 0.6 is 13.5 Å². The number of halogens is 12. The average Bonchev–Trinajstić information content (AvgIpc) is 2.92. The summed E-state index contributed by atoms with van der Waals surface area (Å²) in [7, 11) is 0. The van der Waals surface area contributed by atoms with Crippen LogP contribution in [-0.2, 0) is 26.3 Å². The number of alkyl halides is 11. The summed E-state index contributed by atoms with van der Waals surface area (Å²) >= 11 is 4.75. The molecule has 191 valence electrons. The SMILES string of the molecule is C[C]1[C](C)[C](C)[C](C)[C]1C.O=[C-]C1(F)C(F)(F)C(F)(F)C(F)(F)C(F)(F)C1(F)F.[Br][Ir+2].[C-]#[O+]. The maximum atomic E-state index is 13.0. The third kappa shape index (κ3) is 4.78. The fourth-order valence-electron chi connectivity index (χ4n) is 2.76. The second kappa shape index (κ2) is 11.2. The van der Waals surface area contributed by atoms with Crippen molar-refractivity contribution in [3.8, 4) is 0 Å². The van der Waals surface area contributed by atoms with Gasteiger partial charge in [0.2, 0.25) is 0 Å². The van der Waals surface area contributed by atoms with Crippen molar-refractivity contribution in [2.75, 3.05) is 0 Å². The van der Waals surface area contributed by atoms with Gasteiger partial charge in [0.15, 0.2) is 5.67 Å². The molecule has 0 amide bonds. The first-order chi connectivity index (χ1) is 14.6. The summed E-state index contributed by atoms with van der Waals surface area (Å²) in [5.41, 5.74) is -6.62. The molecular weight excluding hydrogens is 729 g/mol. The van der Waals surface area contributed by atoms with Crippen LogP contribution in [0, 0.1) is 36.2 Å². The zero-order chi connectivity index (χ0) is 27.6. The van der Waals surface area contributed by atoms with E-state index in [1.54, 1.807) is 0 Å².